The summed E-state index contributed by atoms with van der Waals surface area (Å²) in [7, 11) is 0. The smallest absolute Gasteiger partial charge is 0.294 e. The van der Waals surface area contributed by atoms with Gasteiger partial charge in [-0.3, -0.25) is 14.5 Å². The number of aryl methyl sites for hydroxylation is 2. The summed E-state index contributed by atoms with van der Waals surface area (Å²) in [6.45, 7) is 5.94. The number of thiazole rings is 1. The summed E-state index contributed by atoms with van der Waals surface area (Å²) in [4.78, 5) is 36.7. The minimum atomic E-state index is -0.824. The lowest BCUT2D eigenvalue weighted by atomic mass is 9.94. The number of benzene rings is 2. The van der Waals surface area contributed by atoms with Crippen molar-refractivity contribution in [2.45, 2.75) is 26.8 Å². The minimum Gasteiger partial charge on any atom is -0.503 e. The van der Waals surface area contributed by atoms with Crippen molar-refractivity contribution < 1.29 is 19.4 Å². The van der Waals surface area contributed by atoms with E-state index in [1.165, 1.54) is 16.2 Å². The molecule has 4 aromatic rings. The number of H-pyrrole nitrogens is 1. The van der Waals surface area contributed by atoms with E-state index in [1.807, 2.05) is 38.1 Å². The Morgan fingerprint density at radius 3 is 2.74 bits per heavy atom. The molecule has 2 aromatic carbocycles. The topological polar surface area (TPSA) is 95.5 Å². The Morgan fingerprint density at radius 1 is 1.21 bits per heavy atom. The van der Waals surface area contributed by atoms with E-state index in [9.17, 15) is 14.7 Å². The molecule has 0 radical (unpaired) electrons. The van der Waals surface area contributed by atoms with E-state index < -0.39 is 23.5 Å². The van der Waals surface area contributed by atoms with E-state index in [1.54, 1.807) is 37.4 Å². The van der Waals surface area contributed by atoms with E-state index in [4.69, 9.17) is 4.74 Å². The molecule has 172 valence electrons. The number of nitrogens with zero attached hydrogens (tertiary/aromatic N) is 2. The number of nitrogens with one attached hydrogen (secondary N) is 1. The number of ether oxygens (including phenoxy) is 1. The van der Waals surface area contributed by atoms with Crippen molar-refractivity contribution in [1.29, 1.82) is 0 Å². The summed E-state index contributed by atoms with van der Waals surface area (Å²) in [5.74, 6) is -0.981. The van der Waals surface area contributed by atoms with Gasteiger partial charge in [-0.05, 0) is 39.0 Å². The van der Waals surface area contributed by atoms with E-state index in [2.05, 4.69) is 9.97 Å². The molecule has 0 fully saturated rings. The van der Waals surface area contributed by atoms with Crippen LogP contribution in [0.2, 0.25) is 0 Å². The zero-order chi connectivity index (χ0) is 24.0. The number of para-hydroxylation sites is 1. The summed E-state index contributed by atoms with van der Waals surface area (Å²) in [6.07, 6.45) is 1.79. The van der Waals surface area contributed by atoms with E-state index in [0.29, 0.717) is 28.6 Å². The van der Waals surface area contributed by atoms with Crippen LogP contribution in [0.25, 0.3) is 10.9 Å². The van der Waals surface area contributed by atoms with Gasteiger partial charge in [-0.2, -0.15) is 0 Å². The number of aromatic amines is 1. The Morgan fingerprint density at radius 2 is 2.00 bits per heavy atom. The van der Waals surface area contributed by atoms with Crippen LogP contribution in [0.5, 0.6) is 5.75 Å². The fourth-order valence-corrected chi connectivity index (χ4v) is 5.35. The van der Waals surface area contributed by atoms with Crippen molar-refractivity contribution in [3.63, 3.8) is 0 Å². The number of amides is 1. The number of fused-ring (bicyclic) bond motifs is 1. The number of aliphatic hydroxyl groups is 1. The monoisotopic (exact) mass is 473 g/mol. The van der Waals surface area contributed by atoms with Gasteiger partial charge in [0.25, 0.3) is 5.91 Å². The highest BCUT2D eigenvalue weighted by atomic mass is 32.1. The lowest BCUT2D eigenvalue weighted by Crippen LogP contribution is -2.31. The maximum absolute atomic E-state index is 13.8. The van der Waals surface area contributed by atoms with Gasteiger partial charge >= 0.3 is 0 Å². The van der Waals surface area contributed by atoms with E-state index in [0.717, 1.165) is 21.5 Å². The number of hydrogen-bond donors (Lipinski definition) is 2. The second-order valence-corrected chi connectivity index (χ2v) is 9.24. The molecule has 34 heavy (non-hydrogen) atoms. The highest BCUT2D eigenvalue weighted by molar-refractivity contribution is 7.14. The number of carbonyl (C=O) groups excluding carboxylic acids is 2. The molecule has 0 bridgehead atoms. The maximum Gasteiger partial charge on any atom is 0.294 e. The average molecular weight is 474 g/mol. The molecule has 0 saturated carbocycles. The van der Waals surface area contributed by atoms with Crippen molar-refractivity contribution in [2.75, 3.05) is 11.5 Å². The third-order valence-corrected chi connectivity index (χ3v) is 6.96. The van der Waals surface area contributed by atoms with Crippen LogP contribution in [0.3, 0.4) is 0 Å². The number of aromatic nitrogens is 2. The molecule has 1 atom stereocenters. The van der Waals surface area contributed by atoms with Crippen molar-refractivity contribution in [2.24, 2.45) is 0 Å². The van der Waals surface area contributed by atoms with Gasteiger partial charge in [0.1, 0.15) is 5.75 Å². The van der Waals surface area contributed by atoms with Gasteiger partial charge in [-0.15, -0.1) is 11.3 Å². The zero-order valence-corrected chi connectivity index (χ0v) is 19.8. The first kappa shape index (κ1) is 21.9. The van der Waals surface area contributed by atoms with Gasteiger partial charge in [0, 0.05) is 34.4 Å². The number of aliphatic hydroxyl groups excluding tert-OH is 1. The zero-order valence-electron chi connectivity index (χ0n) is 19.0. The van der Waals surface area contributed by atoms with E-state index in [-0.39, 0.29) is 5.57 Å². The van der Waals surface area contributed by atoms with Crippen molar-refractivity contribution in [1.82, 2.24) is 9.97 Å². The maximum atomic E-state index is 13.8. The standard InChI is InChI=1S/C26H23N3O4S/c1-4-33-17-9-7-8-16(12-17)29-22(19-13-27-20-11-6-5-10-18(19)20)21(24(31)26(29)32)23(30)25-14(2)28-15(3)34-25/h5-13,22,27,31H,4H2,1-3H3. The fourth-order valence-electron chi connectivity index (χ4n) is 4.47. The van der Waals surface area contributed by atoms with Gasteiger partial charge < -0.3 is 14.8 Å². The van der Waals surface area contributed by atoms with Crippen LogP contribution in [0.15, 0.2) is 66.1 Å². The van der Waals surface area contributed by atoms with Gasteiger partial charge in [0.15, 0.2) is 5.76 Å². The fraction of sp³-hybridized carbons (Fsp3) is 0.192. The molecule has 0 saturated heterocycles. The molecule has 2 aromatic heterocycles. The minimum absolute atomic E-state index is 0.0447. The third-order valence-electron chi connectivity index (χ3n) is 5.89. The van der Waals surface area contributed by atoms with E-state index >= 15 is 0 Å². The van der Waals surface area contributed by atoms with Crippen LogP contribution >= 0.6 is 11.3 Å². The molecule has 2 N–H and O–H groups in total. The Labute approximate surface area is 200 Å². The first-order valence-electron chi connectivity index (χ1n) is 10.9. The van der Waals surface area contributed by atoms with Gasteiger partial charge in [0.05, 0.1) is 33.8 Å². The van der Waals surface area contributed by atoms with Crippen LogP contribution in [-0.2, 0) is 4.79 Å². The lowest BCUT2D eigenvalue weighted by Gasteiger charge is -2.26. The third kappa shape index (κ3) is 3.47. The molecule has 8 heteroatoms. The summed E-state index contributed by atoms with van der Waals surface area (Å²) in [5, 5.41) is 12.7. The highest BCUT2D eigenvalue weighted by Gasteiger charge is 2.46. The van der Waals surface area contributed by atoms with Gasteiger partial charge in [-0.1, -0.05) is 24.3 Å². The molecular formula is C26H23N3O4S. The van der Waals surface area contributed by atoms with Crippen LogP contribution < -0.4 is 9.64 Å². The Balaban J connectivity index is 1.72. The largest absolute Gasteiger partial charge is 0.503 e. The number of Topliss-reactive ketones (excluding diaryl/α,β-unsaturated/α-hetero) is 1. The summed E-state index contributed by atoms with van der Waals surface area (Å²) >= 11 is 1.26. The average Bonchev–Trinajstić information content (AvgIpc) is 3.47. The Bertz CT molecular complexity index is 1470. The molecule has 7 nitrogen and oxygen atoms in total. The van der Waals surface area contributed by atoms with Crippen LogP contribution in [0.4, 0.5) is 5.69 Å². The quantitative estimate of drug-likeness (QED) is 0.365. The molecule has 1 unspecified atom stereocenters. The molecule has 0 aliphatic carbocycles. The predicted octanol–water partition coefficient (Wildman–Crippen LogP) is 5.42. The second-order valence-electron chi connectivity index (χ2n) is 8.04. The number of ketones is 1. The van der Waals surface area contributed by atoms with Crippen LogP contribution in [0, 0.1) is 13.8 Å². The van der Waals surface area contributed by atoms with Crippen LogP contribution in [-0.4, -0.2) is 33.4 Å². The number of hydrogen-bond acceptors (Lipinski definition) is 6. The lowest BCUT2D eigenvalue weighted by molar-refractivity contribution is -0.117. The molecular weight excluding hydrogens is 450 g/mol. The molecule has 5 rings (SSSR count). The Hall–Kier alpha value is -3.91. The van der Waals surface area contributed by atoms with Crippen LogP contribution in [0.1, 0.15) is 38.9 Å². The summed E-state index contributed by atoms with van der Waals surface area (Å²) in [6, 6.07) is 13.9. The molecule has 0 spiro atoms. The molecule has 1 aliphatic rings. The molecule has 3 heterocycles. The predicted molar refractivity (Wildman–Crippen MR) is 132 cm³/mol. The van der Waals surface area contributed by atoms with Gasteiger partial charge in [-0.25, -0.2) is 4.98 Å². The highest BCUT2D eigenvalue weighted by Crippen LogP contribution is 2.45. The van der Waals surface area contributed by atoms with Crippen molar-refractivity contribution in [3.8, 4) is 5.75 Å². The SMILES string of the molecule is CCOc1cccc(N2C(=O)C(O)=C(C(=O)c3sc(C)nc3C)C2c2c[nH]c3ccccc23)c1. The normalized spacial score (nSPS) is 16.0. The first-order valence-corrected chi connectivity index (χ1v) is 11.8. The van der Waals surface area contributed by atoms with Gasteiger partial charge in [0.2, 0.25) is 5.78 Å². The van der Waals surface area contributed by atoms with Crippen molar-refractivity contribution in [3.05, 3.63) is 87.2 Å². The summed E-state index contributed by atoms with van der Waals surface area (Å²) in [5.41, 5.74) is 2.74. The van der Waals surface area contributed by atoms with Crippen molar-refractivity contribution >= 4 is 39.6 Å². The molecule has 1 amide bonds. The summed E-state index contributed by atoms with van der Waals surface area (Å²) < 4.78 is 5.63. The second kappa shape index (κ2) is 8.46. The number of rotatable bonds is 6. The Kier molecular flexibility index (Phi) is 5.45. The number of carbonyl (C=O) groups is 2. The first-order chi connectivity index (χ1) is 16.4. The number of anilines is 1. The molecule has 1 aliphatic heterocycles.